The van der Waals surface area contributed by atoms with Crippen molar-refractivity contribution in [1.82, 2.24) is 9.88 Å². The monoisotopic (exact) mass is 468 g/mol. The topological polar surface area (TPSA) is 81.9 Å². The fraction of sp³-hybridized carbons (Fsp3) is 0.179. The molecule has 1 atom stereocenters. The van der Waals surface area contributed by atoms with Gasteiger partial charge in [-0.25, -0.2) is 0 Å². The Bertz CT molecular complexity index is 1460. The third-order valence-corrected chi connectivity index (χ3v) is 5.92. The average Bonchev–Trinajstić information content (AvgIpc) is 3.15. The Morgan fingerprint density at radius 3 is 2.63 bits per heavy atom. The Hall–Kier alpha value is -4.39. The van der Waals surface area contributed by atoms with Gasteiger partial charge in [0, 0.05) is 18.9 Å². The number of aromatic nitrogens is 1. The molecule has 1 amide bonds. The van der Waals surface area contributed by atoms with E-state index in [-0.39, 0.29) is 23.6 Å². The van der Waals surface area contributed by atoms with Gasteiger partial charge >= 0.3 is 0 Å². The fourth-order valence-electron chi connectivity index (χ4n) is 4.39. The highest BCUT2D eigenvalue weighted by Gasteiger charge is 2.43. The van der Waals surface area contributed by atoms with Gasteiger partial charge in [-0.05, 0) is 54.4 Å². The number of rotatable bonds is 8. The molecule has 5 rings (SSSR count). The quantitative estimate of drug-likeness (QED) is 0.342. The molecule has 7 nitrogen and oxygen atoms in total. The van der Waals surface area contributed by atoms with E-state index in [1.54, 1.807) is 53.7 Å². The Kier molecular flexibility index (Phi) is 6.06. The number of carbonyl (C=O) groups excluding carboxylic acids is 1. The summed E-state index contributed by atoms with van der Waals surface area (Å²) < 4.78 is 17.6. The van der Waals surface area contributed by atoms with E-state index in [4.69, 9.17) is 13.9 Å². The lowest BCUT2D eigenvalue weighted by molar-refractivity contribution is 0.0714. The first-order valence-corrected chi connectivity index (χ1v) is 11.4. The molecule has 1 aliphatic rings. The molecule has 3 heterocycles. The molecule has 176 valence electrons. The molecule has 7 heteroatoms. The molecule has 4 aromatic rings. The molecule has 0 saturated heterocycles. The van der Waals surface area contributed by atoms with Crippen LogP contribution in [0.4, 0.5) is 0 Å². The van der Waals surface area contributed by atoms with Crippen molar-refractivity contribution in [3.8, 4) is 11.5 Å². The van der Waals surface area contributed by atoms with Gasteiger partial charge in [-0.1, -0.05) is 30.9 Å². The molecule has 2 aromatic heterocycles. The van der Waals surface area contributed by atoms with Crippen LogP contribution in [0.2, 0.25) is 0 Å². The number of para-hydroxylation sites is 1. The van der Waals surface area contributed by atoms with Crippen LogP contribution >= 0.6 is 0 Å². The zero-order valence-corrected chi connectivity index (χ0v) is 19.3. The molecule has 2 aromatic carbocycles. The number of fused-ring (bicyclic) bond motifs is 2. The van der Waals surface area contributed by atoms with Crippen LogP contribution in [-0.4, -0.2) is 29.0 Å². The second kappa shape index (κ2) is 9.46. The van der Waals surface area contributed by atoms with Crippen molar-refractivity contribution in [1.29, 1.82) is 0 Å². The van der Waals surface area contributed by atoms with Gasteiger partial charge in [0.2, 0.25) is 5.76 Å². The highest BCUT2D eigenvalue weighted by atomic mass is 16.5. The van der Waals surface area contributed by atoms with Crippen LogP contribution in [0.25, 0.3) is 11.0 Å². The van der Waals surface area contributed by atoms with Crippen LogP contribution in [0.1, 0.15) is 40.2 Å². The predicted octanol–water partition coefficient (Wildman–Crippen LogP) is 4.90. The Balaban J connectivity index is 1.69. The SMILES string of the molecule is C=CCOc1ccc([C@@H]2c3c(oc4ccccc4c3=O)C(=O)N2Cc2ccncc2)cc1OCC. The van der Waals surface area contributed by atoms with Crippen molar-refractivity contribution < 1.29 is 18.7 Å². The highest BCUT2D eigenvalue weighted by molar-refractivity contribution is 5.99. The van der Waals surface area contributed by atoms with Crippen molar-refractivity contribution in [2.24, 2.45) is 0 Å². The average molecular weight is 469 g/mol. The first-order valence-electron chi connectivity index (χ1n) is 11.4. The van der Waals surface area contributed by atoms with Crippen LogP contribution in [0.3, 0.4) is 0 Å². The molecule has 0 fully saturated rings. The van der Waals surface area contributed by atoms with Gasteiger partial charge in [0.15, 0.2) is 16.9 Å². The summed E-state index contributed by atoms with van der Waals surface area (Å²) in [5.74, 6) is 0.820. The third-order valence-electron chi connectivity index (χ3n) is 5.92. The van der Waals surface area contributed by atoms with Gasteiger partial charge in [-0.3, -0.25) is 14.6 Å². The van der Waals surface area contributed by atoms with Crippen molar-refractivity contribution in [3.05, 3.63) is 112 Å². The maximum atomic E-state index is 13.7. The van der Waals surface area contributed by atoms with E-state index in [0.717, 1.165) is 11.1 Å². The lowest BCUT2D eigenvalue weighted by Crippen LogP contribution is -2.29. The molecule has 0 radical (unpaired) electrons. The van der Waals surface area contributed by atoms with Crippen molar-refractivity contribution in [2.75, 3.05) is 13.2 Å². The number of nitrogens with zero attached hydrogens (tertiary/aromatic N) is 2. The summed E-state index contributed by atoms with van der Waals surface area (Å²) in [5.41, 5.74) is 2.10. The molecule has 0 bridgehead atoms. The maximum absolute atomic E-state index is 13.7. The van der Waals surface area contributed by atoms with E-state index in [1.807, 2.05) is 31.2 Å². The summed E-state index contributed by atoms with van der Waals surface area (Å²) in [4.78, 5) is 33.0. The molecule has 0 N–H and O–H groups in total. The van der Waals surface area contributed by atoms with E-state index in [9.17, 15) is 9.59 Å². The largest absolute Gasteiger partial charge is 0.490 e. The Morgan fingerprint density at radius 1 is 1.06 bits per heavy atom. The lowest BCUT2D eigenvalue weighted by Gasteiger charge is -2.26. The zero-order chi connectivity index (χ0) is 24.4. The van der Waals surface area contributed by atoms with Crippen LogP contribution in [-0.2, 0) is 6.54 Å². The van der Waals surface area contributed by atoms with Crippen LogP contribution in [0.5, 0.6) is 11.5 Å². The van der Waals surface area contributed by atoms with E-state index < -0.39 is 6.04 Å². The second-order valence-corrected chi connectivity index (χ2v) is 8.10. The van der Waals surface area contributed by atoms with E-state index in [2.05, 4.69) is 11.6 Å². The Morgan fingerprint density at radius 2 is 1.86 bits per heavy atom. The van der Waals surface area contributed by atoms with Crippen molar-refractivity contribution in [2.45, 2.75) is 19.5 Å². The Labute approximate surface area is 202 Å². The van der Waals surface area contributed by atoms with E-state index in [1.165, 1.54) is 0 Å². The van der Waals surface area contributed by atoms with Gasteiger partial charge in [0.1, 0.15) is 12.2 Å². The first-order chi connectivity index (χ1) is 17.1. The summed E-state index contributed by atoms with van der Waals surface area (Å²) >= 11 is 0. The van der Waals surface area contributed by atoms with Crippen LogP contribution in [0.15, 0.2) is 88.9 Å². The summed E-state index contributed by atoms with van der Waals surface area (Å²) in [6.45, 7) is 6.62. The summed E-state index contributed by atoms with van der Waals surface area (Å²) in [5, 5.41) is 0.436. The molecule has 0 saturated carbocycles. The van der Waals surface area contributed by atoms with Gasteiger partial charge in [0.25, 0.3) is 5.91 Å². The standard InChI is InChI=1S/C28H24N2O5/c1-3-15-34-22-10-9-19(16-23(22)33-4-2)25-24-26(31)20-7-5-6-8-21(20)35-27(24)28(32)30(25)17-18-11-13-29-14-12-18/h3,5-14,16,25H,1,4,15,17H2,2H3/t25-/m1/s1. The predicted molar refractivity (Wildman–Crippen MR) is 132 cm³/mol. The van der Waals surface area contributed by atoms with Crippen LogP contribution < -0.4 is 14.9 Å². The van der Waals surface area contributed by atoms with E-state index in [0.29, 0.717) is 41.2 Å². The van der Waals surface area contributed by atoms with Gasteiger partial charge in [0.05, 0.1) is 23.6 Å². The molecular formula is C28H24N2O5. The number of pyridine rings is 1. The smallest absolute Gasteiger partial charge is 0.291 e. The minimum atomic E-state index is -0.654. The van der Waals surface area contributed by atoms with Gasteiger partial charge in [-0.15, -0.1) is 0 Å². The molecule has 1 aliphatic heterocycles. The minimum absolute atomic E-state index is 0.0673. The van der Waals surface area contributed by atoms with E-state index >= 15 is 0 Å². The summed E-state index contributed by atoms with van der Waals surface area (Å²) in [6, 6.07) is 15.5. The first kappa shape index (κ1) is 22.4. The fourth-order valence-corrected chi connectivity index (χ4v) is 4.39. The minimum Gasteiger partial charge on any atom is -0.490 e. The number of hydrogen-bond acceptors (Lipinski definition) is 6. The number of ether oxygens (including phenoxy) is 2. The van der Waals surface area contributed by atoms with Crippen molar-refractivity contribution >= 4 is 16.9 Å². The van der Waals surface area contributed by atoms with Crippen molar-refractivity contribution in [3.63, 3.8) is 0 Å². The van der Waals surface area contributed by atoms with Crippen LogP contribution in [0, 0.1) is 0 Å². The number of benzene rings is 2. The molecule has 0 unspecified atom stereocenters. The van der Waals surface area contributed by atoms with Gasteiger partial charge < -0.3 is 18.8 Å². The summed E-state index contributed by atoms with van der Waals surface area (Å²) in [7, 11) is 0. The maximum Gasteiger partial charge on any atom is 0.291 e. The molecule has 0 aliphatic carbocycles. The summed E-state index contributed by atoms with van der Waals surface area (Å²) in [6.07, 6.45) is 5.01. The molecular weight excluding hydrogens is 444 g/mol. The number of amides is 1. The number of carbonyl (C=O) groups is 1. The molecule has 35 heavy (non-hydrogen) atoms. The lowest BCUT2D eigenvalue weighted by atomic mass is 9.98. The second-order valence-electron chi connectivity index (χ2n) is 8.10. The molecule has 0 spiro atoms. The van der Waals surface area contributed by atoms with Gasteiger partial charge in [-0.2, -0.15) is 0 Å². The zero-order valence-electron chi connectivity index (χ0n) is 19.3. The highest BCUT2D eigenvalue weighted by Crippen LogP contribution is 2.41. The number of hydrogen-bond donors (Lipinski definition) is 0. The normalized spacial score (nSPS) is 14.7. The third kappa shape index (κ3) is 4.05.